The van der Waals surface area contributed by atoms with E-state index in [1.165, 1.54) is 7.11 Å². The number of methoxy groups -OCH3 is 1. The van der Waals surface area contributed by atoms with Crippen LogP contribution in [0.25, 0.3) is 0 Å². The van der Waals surface area contributed by atoms with Crippen LogP contribution in [-0.4, -0.2) is 57.6 Å². The summed E-state index contributed by atoms with van der Waals surface area (Å²) in [5.41, 5.74) is 0. The SMILES string of the molecule is CCC(C)C(=O)OCC(=O)OC1C(OC)CC2CC1OS2(=O)=O. The van der Waals surface area contributed by atoms with Crippen molar-refractivity contribution in [2.75, 3.05) is 13.7 Å². The van der Waals surface area contributed by atoms with Crippen molar-refractivity contribution in [1.29, 1.82) is 0 Å². The number of fused-ring (bicyclic) bond motifs is 2. The van der Waals surface area contributed by atoms with Crippen molar-refractivity contribution in [3.05, 3.63) is 0 Å². The van der Waals surface area contributed by atoms with Crippen LogP contribution in [0.5, 0.6) is 0 Å². The second-order valence-electron chi connectivity index (χ2n) is 5.87. The van der Waals surface area contributed by atoms with Crippen LogP contribution in [0.15, 0.2) is 0 Å². The predicted molar refractivity (Wildman–Crippen MR) is 77.9 cm³/mol. The Morgan fingerprint density at radius 1 is 1.30 bits per heavy atom. The molecule has 1 saturated heterocycles. The number of carbonyl (C=O) groups is 2. The van der Waals surface area contributed by atoms with Crippen molar-refractivity contribution in [3.8, 4) is 0 Å². The lowest BCUT2D eigenvalue weighted by Gasteiger charge is -2.32. The number of ether oxygens (including phenoxy) is 3. The molecule has 0 aromatic heterocycles. The molecule has 0 amide bonds. The van der Waals surface area contributed by atoms with E-state index in [4.69, 9.17) is 18.4 Å². The summed E-state index contributed by atoms with van der Waals surface area (Å²) in [6, 6.07) is 0. The molecule has 2 bridgehead atoms. The van der Waals surface area contributed by atoms with Crippen LogP contribution in [0, 0.1) is 5.92 Å². The average molecular weight is 350 g/mol. The van der Waals surface area contributed by atoms with E-state index in [-0.39, 0.29) is 18.8 Å². The first-order chi connectivity index (χ1) is 10.8. The van der Waals surface area contributed by atoms with Crippen LogP contribution in [0.3, 0.4) is 0 Å². The molecule has 1 aliphatic carbocycles. The summed E-state index contributed by atoms with van der Waals surface area (Å²) in [7, 11) is -2.21. The van der Waals surface area contributed by atoms with Crippen LogP contribution in [0.1, 0.15) is 33.1 Å². The van der Waals surface area contributed by atoms with Crippen molar-refractivity contribution >= 4 is 22.1 Å². The van der Waals surface area contributed by atoms with Gasteiger partial charge in [0.25, 0.3) is 10.1 Å². The van der Waals surface area contributed by atoms with E-state index in [1.807, 2.05) is 6.92 Å². The molecule has 0 aromatic carbocycles. The third-order valence-corrected chi connectivity index (χ3v) is 6.02. The van der Waals surface area contributed by atoms with Gasteiger partial charge in [0.2, 0.25) is 0 Å². The van der Waals surface area contributed by atoms with Gasteiger partial charge in [-0.05, 0) is 19.3 Å². The van der Waals surface area contributed by atoms with Crippen LogP contribution in [-0.2, 0) is 38.1 Å². The summed E-state index contributed by atoms with van der Waals surface area (Å²) in [4.78, 5) is 23.4. The second-order valence-corrected chi connectivity index (χ2v) is 7.71. The van der Waals surface area contributed by atoms with Gasteiger partial charge >= 0.3 is 11.9 Å². The molecule has 5 unspecified atom stereocenters. The maximum Gasteiger partial charge on any atom is 0.344 e. The van der Waals surface area contributed by atoms with E-state index in [9.17, 15) is 18.0 Å². The van der Waals surface area contributed by atoms with Crippen LogP contribution >= 0.6 is 0 Å². The van der Waals surface area contributed by atoms with Crippen molar-refractivity contribution in [1.82, 2.24) is 0 Å². The Bertz CT molecular complexity index is 557. The van der Waals surface area contributed by atoms with Gasteiger partial charge in [0.15, 0.2) is 12.7 Å². The van der Waals surface area contributed by atoms with Gasteiger partial charge in [-0.1, -0.05) is 13.8 Å². The van der Waals surface area contributed by atoms with Gasteiger partial charge < -0.3 is 14.2 Å². The van der Waals surface area contributed by atoms with E-state index >= 15 is 0 Å². The highest BCUT2D eigenvalue weighted by molar-refractivity contribution is 7.87. The minimum atomic E-state index is -3.63. The number of hydrogen-bond acceptors (Lipinski definition) is 8. The lowest BCUT2D eigenvalue weighted by atomic mass is 9.91. The van der Waals surface area contributed by atoms with Gasteiger partial charge in [0.1, 0.15) is 6.10 Å². The van der Waals surface area contributed by atoms with Crippen molar-refractivity contribution in [3.63, 3.8) is 0 Å². The summed E-state index contributed by atoms with van der Waals surface area (Å²) in [5.74, 6) is -1.52. The van der Waals surface area contributed by atoms with Crippen molar-refractivity contribution < 1.29 is 36.4 Å². The lowest BCUT2D eigenvalue weighted by Crippen LogP contribution is -2.46. The standard InChI is InChI=1S/C14H22O8S/c1-4-8(2)14(16)20-7-12(15)21-13-10(19-3)5-9-6-11(13)22-23(9,17)18/h8-11,13H,4-7H2,1-3H3. The monoisotopic (exact) mass is 350 g/mol. The van der Waals surface area contributed by atoms with Gasteiger partial charge in [0, 0.05) is 7.11 Å². The fraction of sp³-hybridized carbons (Fsp3) is 0.857. The van der Waals surface area contributed by atoms with E-state index in [1.54, 1.807) is 6.92 Å². The first-order valence-electron chi connectivity index (χ1n) is 7.59. The lowest BCUT2D eigenvalue weighted by molar-refractivity contribution is -0.176. The average Bonchev–Trinajstić information content (AvgIpc) is 2.77. The zero-order chi connectivity index (χ0) is 17.2. The maximum absolute atomic E-state index is 11.9. The van der Waals surface area contributed by atoms with E-state index in [0.29, 0.717) is 6.42 Å². The summed E-state index contributed by atoms with van der Waals surface area (Å²) in [6.07, 6.45) is -1.06. The molecule has 9 heteroatoms. The van der Waals surface area contributed by atoms with Gasteiger partial charge in [-0.3, -0.25) is 8.98 Å². The molecule has 23 heavy (non-hydrogen) atoms. The quantitative estimate of drug-likeness (QED) is 0.500. The summed E-state index contributed by atoms with van der Waals surface area (Å²) in [5, 5.41) is -0.629. The Morgan fingerprint density at radius 2 is 2.00 bits per heavy atom. The van der Waals surface area contributed by atoms with Crippen molar-refractivity contribution in [2.24, 2.45) is 5.92 Å². The van der Waals surface area contributed by atoms with Crippen LogP contribution < -0.4 is 0 Å². The zero-order valence-corrected chi connectivity index (χ0v) is 14.2. The van der Waals surface area contributed by atoms with Gasteiger partial charge in [-0.25, -0.2) is 4.79 Å². The highest BCUT2D eigenvalue weighted by atomic mass is 32.2. The Balaban J connectivity index is 1.93. The fourth-order valence-electron chi connectivity index (χ4n) is 2.71. The minimum absolute atomic E-state index is 0.208. The normalized spacial score (nSPS) is 33.0. The third kappa shape index (κ3) is 4.02. The van der Waals surface area contributed by atoms with Crippen LogP contribution in [0.4, 0.5) is 0 Å². The Labute approximate surface area is 135 Å². The van der Waals surface area contributed by atoms with E-state index < -0.39 is 52.2 Å². The summed E-state index contributed by atoms with van der Waals surface area (Å²) >= 11 is 0. The molecule has 2 aliphatic rings. The third-order valence-electron chi connectivity index (χ3n) is 4.31. The molecule has 2 rings (SSSR count). The maximum atomic E-state index is 11.9. The van der Waals surface area contributed by atoms with E-state index in [2.05, 4.69) is 0 Å². The molecule has 1 saturated carbocycles. The first-order valence-corrected chi connectivity index (χ1v) is 9.06. The van der Waals surface area contributed by atoms with Gasteiger partial charge in [0.05, 0.1) is 17.3 Å². The number of carbonyl (C=O) groups excluding carboxylic acids is 2. The number of esters is 2. The fourth-order valence-corrected chi connectivity index (χ4v) is 4.25. The molecule has 5 atom stereocenters. The largest absolute Gasteiger partial charge is 0.454 e. The van der Waals surface area contributed by atoms with Crippen molar-refractivity contribution in [2.45, 2.75) is 56.7 Å². The van der Waals surface area contributed by atoms with Gasteiger partial charge in [-0.15, -0.1) is 0 Å². The smallest absolute Gasteiger partial charge is 0.344 e. The van der Waals surface area contributed by atoms with E-state index in [0.717, 1.165) is 0 Å². The summed E-state index contributed by atoms with van der Waals surface area (Å²) in [6.45, 7) is 3.02. The van der Waals surface area contributed by atoms with Gasteiger partial charge in [-0.2, -0.15) is 8.42 Å². The second kappa shape index (κ2) is 7.14. The molecular formula is C14H22O8S. The highest BCUT2D eigenvalue weighted by Gasteiger charge is 2.53. The Morgan fingerprint density at radius 3 is 2.61 bits per heavy atom. The molecule has 132 valence electrons. The molecule has 1 aliphatic heterocycles. The first kappa shape index (κ1) is 18.2. The minimum Gasteiger partial charge on any atom is -0.454 e. The zero-order valence-electron chi connectivity index (χ0n) is 13.4. The molecule has 0 N–H and O–H groups in total. The Kier molecular flexibility index (Phi) is 5.64. The molecule has 0 aromatic rings. The van der Waals surface area contributed by atoms with Crippen LogP contribution in [0.2, 0.25) is 0 Å². The molecule has 1 heterocycles. The molecule has 8 nitrogen and oxygen atoms in total. The Hall–Kier alpha value is -1.19. The molecule has 0 spiro atoms. The number of hydrogen-bond donors (Lipinski definition) is 0. The topological polar surface area (TPSA) is 105 Å². The molecule has 2 fully saturated rings. The molecular weight excluding hydrogens is 328 g/mol. The summed E-state index contributed by atoms with van der Waals surface area (Å²) < 4.78 is 43.9. The highest BCUT2D eigenvalue weighted by Crippen LogP contribution is 2.38. The molecule has 0 radical (unpaired) electrons. The number of rotatable bonds is 6. The predicted octanol–water partition coefficient (Wildman–Crippen LogP) is 0.394.